The van der Waals surface area contributed by atoms with Crippen molar-refractivity contribution < 1.29 is 4.79 Å². The van der Waals surface area contributed by atoms with Gasteiger partial charge < -0.3 is 10.6 Å². The summed E-state index contributed by atoms with van der Waals surface area (Å²) in [5.74, 6) is 0.757. The molecule has 2 N–H and O–H groups in total. The van der Waals surface area contributed by atoms with E-state index in [0.717, 1.165) is 37.3 Å². The molecule has 0 spiro atoms. The van der Waals surface area contributed by atoms with Gasteiger partial charge in [0.25, 0.3) is 0 Å². The molecule has 0 saturated carbocycles. The molecular formula is C14H24N4O. The van der Waals surface area contributed by atoms with Crippen molar-refractivity contribution in [2.75, 3.05) is 18.4 Å². The fraction of sp³-hybridized carbons (Fsp3) is 0.714. The van der Waals surface area contributed by atoms with Gasteiger partial charge >= 0.3 is 0 Å². The molecule has 1 unspecified atom stereocenters. The summed E-state index contributed by atoms with van der Waals surface area (Å²) in [7, 11) is 1.88. The van der Waals surface area contributed by atoms with Crippen molar-refractivity contribution >= 4 is 11.6 Å². The first kappa shape index (κ1) is 14.1. The number of carbonyl (C=O) groups is 1. The van der Waals surface area contributed by atoms with Gasteiger partial charge in [0.2, 0.25) is 5.91 Å². The van der Waals surface area contributed by atoms with Gasteiger partial charge in [-0.3, -0.25) is 9.48 Å². The zero-order valence-corrected chi connectivity index (χ0v) is 11.9. The molecule has 1 aromatic rings. The summed E-state index contributed by atoms with van der Waals surface area (Å²) < 4.78 is 1.75. The van der Waals surface area contributed by atoms with E-state index in [1.807, 2.05) is 20.2 Å². The van der Waals surface area contributed by atoms with Crippen LogP contribution in [0.25, 0.3) is 0 Å². The number of carbonyl (C=O) groups excluding carboxylic acids is 1. The molecule has 2 heterocycles. The van der Waals surface area contributed by atoms with Crippen LogP contribution in [0.3, 0.4) is 0 Å². The molecule has 1 fully saturated rings. The van der Waals surface area contributed by atoms with Crippen molar-refractivity contribution in [1.82, 2.24) is 15.1 Å². The molecule has 19 heavy (non-hydrogen) atoms. The number of anilines is 1. The van der Waals surface area contributed by atoms with Gasteiger partial charge in [0, 0.05) is 19.7 Å². The average Bonchev–Trinajstić information content (AvgIpc) is 2.77. The summed E-state index contributed by atoms with van der Waals surface area (Å²) in [5, 5.41) is 10.7. The van der Waals surface area contributed by atoms with Gasteiger partial charge in [-0.05, 0) is 44.7 Å². The molecule has 1 atom stereocenters. The highest BCUT2D eigenvalue weighted by Gasteiger charge is 2.15. The first-order chi connectivity index (χ1) is 9.19. The zero-order valence-electron chi connectivity index (χ0n) is 11.9. The number of nitrogens with one attached hydrogen (secondary N) is 2. The van der Waals surface area contributed by atoms with Crippen molar-refractivity contribution in [3.8, 4) is 0 Å². The Hall–Kier alpha value is -1.36. The monoisotopic (exact) mass is 264 g/mol. The van der Waals surface area contributed by atoms with E-state index in [9.17, 15) is 4.79 Å². The van der Waals surface area contributed by atoms with Crippen molar-refractivity contribution in [1.29, 1.82) is 0 Å². The maximum Gasteiger partial charge on any atom is 0.224 e. The Morgan fingerprint density at radius 1 is 1.63 bits per heavy atom. The van der Waals surface area contributed by atoms with E-state index >= 15 is 0 Å². The number of aromatic nitrogens is 2. The van der Waals surface area contributed by atoms with Crippen LogP contribution in [-0.4, -0.2) is 28.8 Å². The summed E-state index contributed by atoms with van der Waals surface area (Å²) in [6, 6.07) is 0. The number of piperidine rings is 1. The predicted octanol–water partition coefficient (Wildman–Crippen LogP) is 1.70. The second-order valence-corrected chi connectivity index (χ2v) is 5.32. The van der Waals surface area contributed by atoms with Crippen LogP contribution in [0.5, 0.6) is 0 Å². The summed E-state index contributed by atoms with van der Waals surface area (Å²) in [6.45, 7) is 4.23. The van der Waals surface area contributed by atoms with Crippen molar-refractivity contribution in [3.05, 3.63) is 11.9 Å². The van der Waals surface area contributed by atoms with Crippen molar-refractivity contribution in [3.63, 3.8) is 0 Å². The van der Waals surface area contributed by atoms with Crippen molar-refractivity contribution in [2.45, 2.75) is 39.0 Å². The Kier molecular flexibility index (Phi) is 4.96. The lowest BCUT2D eigenvalue weighted by Gasteiger charge is -2.22. The minimum atomic E-state index is 0.105. The molecule has 1 aromatic heterocycles. The Bertz CT molecular complexity index is 421. The van der Waals surface area contributed by atoms with Crippen LogP contribution in [0, 0.1) is 5.92 Å². The molecule has 1 saturated heterocycles. The predicted molar refractivity (Wildman–Crippen MR) is 76.0 cm³/mol. The maximum atomic E-state index is 12.0. The molecular weight excluding hydrogens is 240 g/mol. The van der Waals surface area contributed by atoms with E-state index in [1.54, 1.807) is 4.68 Å². The topological polar surface area (TPSA) is 59.0 Å². The Morgan fingerprint density at radius 2 is 2.47 bits per heavy atom. The van der Waals surface area contributed by atoms with Gasteiger partial charge in [-0.2, -0.15) is 5.10 Å². The molecule has 2 rings (SSSR count). The van der Waals surface area contributed by atoms with E-state index in [-0.39, 0.29) is 5.91 Å². The third kappa shape index (κ3) is 4.06. The Labute approximate surface area is 114 Å². The molecule has 0 bridgehead atoms. The fourth-order valence-electron chi connectivity index (χ4n) is 2.62. The molecule has 1 amide bonds. The summed E-state index contributed by atoms with van der Waals surface area (Å²) >= 11 is 0. The third-order valence-corrected chi connectivity index (χ3v) is 3.69. The van der Waals surface area contributed by atoms with Gasteiger partial charge in [-0.25, -0.2) is 0 Å². The van der Waals surface area contributed by atoms with Crippen LogP contribution in [-0.2, 0) is 18.3 Å². The van der Waals surface area contributed by atoms with Gasteiger partial charge in [-0.15, -0.1) is 0 Å². The van der Waals surface area contributed by atoms with Gasteiger partial charge in [-0.1, -0.05) is 6.92 Å². The highest BCUT2D eigenvalue weighted by Crippen LogP contribution is 2.18. The molecule has 1 aliphatic rings. The summed E-state index contributed by atoms with van der Waals surface area (Å²) in [6.07, 6.45) is 6.76. The summed E-state index contributed by atoms with van der Waals surface area (Å²) in [5.41, 5.74) is 1.81. The fourth-order valence-corrected chi connectivity index (χ4v) is 2.62. The quantitative estimate of drug-likeness (QED) is 0.851. The van der Waals surface area contributed by atoms with Crippen molar-refractivity contribution in [2.24, 2.45) is 13.0 Å². The van der Waals surface area contributed by atoms with E-state index in [0.29, 0.717) is 12.3 Å². The van der Waals surface area contributed by atoms with Crippen LogP contribution in [0.1, 0.15) is 38.3 Å². The lowest BCUT2D eigenvalue weighted by atomic mass is 9.94. The molecule has 5 nitrogen and oxygen atoms in total. The smallest absolute Gasteiger partial charge is 0.224 e. The van der Waals surface area contributed by atoms with E-state index in [4.69, 9.17) is 0 Å². The standard InChI is InChI=1S/C14H24N4O/c1-3-12-13(10-18(2)17-12)16-14(19)7-6-11-5-4-8-15-9-11/h10-11,15H,3-9H2,1-2H3,(H,16,19). The summed E-state index contributed by atoms with van der Waals surface area (Å²) in [4.78, 5) is 12.0. The molecule has 5 heteroatoms. The minimum Gasteiger partial charge on any atom is -0.323 e. The largest absolute Gasteiger partial charge is 0.323 e. The highest BCUT2D eigenvalue weighted by molar-refractivity contribution is 5.91. The first-order valence-electron chi connectivity index (χ1n) is 7.22. The highest BCUT2D eigenvalue weighted by atomic mass is 16.1. The van der Waals surface area contributed by atoms with Gasteiger partial charge in [0.1, 0.15) is 0 Å². The van der Waals surface area contributed by atoms with Crippen LogP contribution < -0.4 is 10.6 Å². The normalized spacial score (nSPS) is 19.4. The Balaban J connectivity index is 1.80. The second-order valence-electron chi connectivity index (χ2n) is 5.32. The maximum absolute atomic E-state index is 12.0. The average molecular weight is 264 g/mol. The lowest BCUT2D eigenvalue weighted by molar-refractivity contribution is -0.116. The van der Waals surface area contributed by atoms with Crippen LogP contribution in [0.2, 0.25) is 0 Å². The van der Waals surface area contributed by atoms with E-state index in [2.05, 4.69) is 15.7 Å². The van der Waals surface area contributed by atoms with Crippen LogP contribution in [0.15, 0.2) is 6.20 Å². The second kappa shape index (κ2) is 6.70. The number of nitrogens with zero attached hydrogens (tertiary/aromatic N) is 2. The number of hydrogen-bond donors (Lipinski definition) is 2. The van der Waals surface area contributed by atoms with Crippen LogP contribution >= 0.6 is 0 Å². The number of rotatable bonds is 5. The number of amides is 1. The third-order valence-electron chi connectivity index (χ3n) is 3.69. The van der Waals surface area contributed by atoms with E-state index in [1.165, 1.54) is 12.8 Å². The molecule has 106 valence electrons. The zero-order chi connectivity index (χ0) is 13.7. The number of aryl methyl sites for hydroxylation is 2. The van der Waals surface area contributed by atoms with Crippen LogP contribution in [0.4, 0.5) is 5.69 Å². The molecule has 0 aliphatic carbocycles. The van der Waals surface area contributed by atoms with Gasteiger partial charge in [0.15, 0.2) is 0 Å². The molecule has 0 aromatic carbocycles. The number of hydrogen-bond acceptors (Lipinski definition) is 3. The van der Waals surface area contributed by atoms with Gasteiger partial charge in [0.05, 0.1) is 11.4 Å². The first-order valence-corrected chi connectivity index (χ1v) is 7.22. The minimum absolute atomic E-state index is 0.105. The SMILES string of the molecule is CCc1nn(C)cc1NC(=O)CCC1CCCNC1. The van der Waals surface area contributed by atoms with E-state index < -0.39 is 0 Å². The molecule has 1 aliphatic heterocycles. The lowest BCUT2D eigenvalue weighted by Crippen LogP contribution is -2.30. The Morgan fingerprint density at radius 3 is 3.16 bits per heavy atom. The molecule has 0 radical (unpaired) electrons.